The summed E-state index contributed by atoms with van der Waals surface area (Å²) in [6.07, 6.45) is -2.65. The minimum Gasteiger partial charge on any atom is -0.370 e. The first-order valence-corrected chi connectivity index (χ1v) is 7.33. The number of nitrogens with zero attached hydrogens (tertiary/aromatic N) is 1. The Kier molecular flexibility index (Phi) is 6.34. The summed E-state index contributed by atoms with van der Waals surface area (Å²) >= 11 is 0. The Morgan fingerprint density at radius 3 is 2.09 bits per heavy atom. The van der Waals surface area contributed by atoms with Gasteiger partial charge in [-0.25, -0.2) is 0 Å². The minimum atomic E-state index is -4.28. The number of alkyl halides is 3. The van der Waals surface area contributed by atoms with Crippen molar-refractivity contribution >= 4 is 29.9 Å². The van der Waals surface area contributed by atoms with Crippen LogP contribution in [0.3, 0.4) is 0 Å². The zero-order valence-electron chi connectivity index (χ0n) is 13.4. The van der Waals surface area contributed by atoms with Crippen molar-refractivity contribution in [3.8, 4) is 0 Å². The number of benzene rings is 1. The van der Waals surface area contributed by atoms with Gasteiger partial charge in [0.05, 0.1) is 11.6 Å². The molecular weight excluding hydrogens is 418 g/mol. The fourth-order valence-electron chi connectivity index (χ4n) is 2.52. The number of rotatable bonds is 2. The van der Waals surface area contributed by atoms with Gasteiger partial charge in [-0.15, -0.1) is 24.0 Å². The fourth-order valence-corrected chi connectivity index (χ4v) is 2.52. The molecule has 23 heavy (non-hydrogen) atoms. The first kappa shape index (κ1) is 20.1. The average molecular weight is 441 g/mol. The van der Waals surface area contributed by atoms with Crippen molar-refractivity contribution in [2.24, 2.45) is 10.7 Å². The number of guanidine groups is 1. The highest BCUT2D eigenvalue weighted by atomic mass is 127. The van der Waals surface area contributed by atoms with Crippen LogP contribution in [0.25, 0.3) is 0 Å². The third-order valence-corrected chi connectivity index (χ3v) is 3.65. The number of aliphatic imine (C=N–C) groups is 1. The summed E-state index contributed by atoms with van der Waals surface area (Å²) in [6.45, 7) is 6.00. The molecule has 3 nitrogen and oxygen atoms in total. The number of nitrogens with one attached hydrogen (secondary N) is 1. The van der Waals surface area contributed by atoms with Crippen molar-refractivity contribution in [3.63, 3.8) is 0 Å². The molecule has 2 rings (SSSR count). The smallest absolute Gasteiger partial charge is 0.370 e. The van der Waals surface area contributed by atoms with Crippen molar-refractivity contribution in [1.82, 2.24) is 5.32 Å². The average Bonchev–Trinajstić information content (AvgIpc) is 2.30. The second-order valence-electron chi connectivity index (χ2n) is 6.83. The zero-order valence-corrected chi connectivity index (χ0v) is 15.8. The van der Waals surface area contributed by atoms with E-state index < -0.39 is 11.7 Å². The van der Waals surface area contributed by atoms with E-state index in [0.717, 1.165) is 30.5 Å². The first-order chi connectivity index (χ1) is 10.0. The number of hydrogen-bond acceptors (Lipinski definition) is 1. The van der Waals surface area contributed by atoms with Gasteiger partial charge in [-0.1, -0.05) is 12.1 Å². The SMILES string of the molecule is CC(C)(C)NC(N)=NC1CC(c2ccc(C(F)(F)F)cc2)C1.I. The molecule has 0 spiro atoms. The zero-order chi connectivity index (χ0) is 16.5. The summed E-state index contributed by atoms with van der Waals surface area (Å²) < 4.78 is 37.6. The van der Waals surface area contributed by atoms with Gasteiger partial charge < -0.3 is 11.1 Å². The maximum absolute atomic E-state index is 12.5. The molecule has 1 saturated carbocycles. The molecule has 0 bridgehead atoms. The van der Waals surface area contributed by atoms with E-state index in [0.29, 0.717) is 5.96 Å². The predicted molar refractivity (Wildman–Crippen MR) is 97.1 cm³/mol. The van der Waals surface area contributed by atoms with Gasteiger partial charge in [-0.05, 0) is 57.2 Å². The summed E-state index contributed by atoms with van der Waals surface area (Å²) in [7, 11) is 0. The Hall–Kier alpha value is -0.990. The van der Waals surface area contributed by atoms with Crippen molar-refractivity contribution in [2.75, 3.05) is 0 Å². The van der Waals surface area contributed by atoms with Crippen molar-refractivity contribution in [2.45, 2.75) is 57.3 Å². The molecule has 3 N–H and O–H groups in total. The molecule has 7 heteroatoms. The van der Waals surface area contributed by atoms with Crippen LogP contribution in [0.4, 0.5) is 13.2 Å². The maximum atomic E-state index is 12.5. The Morgan fingerprint density at radius 2 is 1.65 bits per heavy atom. The number of halogens is 4. The van der Waals surface area contributed by atoms with Crippen molar-refractivity contribution in [1.29, 1.82) is 0 Å². The first-order valence-electron chi connectivity index (χ1n) is 7.33. The maximum Gasteiger partial charge on any atom is 0.416 e. The molecule has 1 aliphatic rings. The van der Waals surface area contributed by atoms with Gasteiger partial charge >= 0.3 is 6.18 Å². The van der Waals surface area contributed by atoms with Crippen LogP contribution in [0.1, 0.15) is 50.7 Å². The second-order valence-corrected chi connectivity index (χ2v) is 6.83. The minimum absolute atomic E-state index is 0. The van der Waals surface area contributed by atoms with E-state index in [4.69, 9.17) is 5.73 Å². The van der Waals surface area contributed by atoms with Gasteiger partial charge in [0.1, 0.15) is 0 Å². The van der Waals surface area contributed by atoms with Gasteiger partial charge in [0.25, 0.3) is 0 Å². The van der Waals surface area contributed by atoms with Gasteiger partial charge in [-0.2, -0.15) is 13.2 Å². The molecule has 1 aromatic rings. The van der Waals surface area contributed by atoms with Crippen molar-refractivity contribution < 1.29 is 13.2 Å². The summed E-state index contributed by atoms with van der Waals surface area (Å²) in [6, 6.07) is 5.54. The van der Waals surface area contributed by atoms with Crippen molar-refractivity contribution in [3.05, 3.63) is 35.4 Å². The molecule has 1 fully saturated rings. The fraction of sp³-hybridized carbons (Fsp3) is 0.562. The van der Waals surface area contributed by atoms with E-state index in [9.17, 15) is 13.2 Å². The Morgan fingerprint density at radius 1 is 1.13 bits per heavy atom. The second kappa shape index (κ2) is 7.27. The molecular formula is C16H23F3IN3. The van der Waals surface area contributed by atoms with Gasteiger partial charge in [0, 0.05) is 5.54 Å². The molecule has 1 aliphatic carbocycles. The lowest BCUT2D eigenvalue weighted by molar-refractivity contribution is -0.137. The monoisotopic (exact) mass is 441 g/mol. The third kappa shape index (κ3) is 5.86. The lowest BCUT2D eigenvalue weighted by Crippen LogP contribution is -2.46. The topological polar surface area (TPSA) is 50.4 Å². The Bertz CT molecular complexity index is 541. The molecule has 0 amide bonds. The summed E-state index contributed by atoms with van der Waals surface area (Å²) in [5.41, 5.74) is 6.03. The van der Waals surface area contributed by atoms with Crippen LogP contribution in [0.15, 0.2) is 29.3 Å². The molecule has 130 valence electrons. The van der Waals surface area contributed by atoms with E-state index in [1.54, 1.807) is 12.1 Å². The quantitative estimate of drug-likeness (QED) is 0.409. The molecule has 0 aromatic heterocycles. The molecule has 0 heterocycles. The Balaban J connectivity index is 0.00000264. The molecule has 0 saturated heterocycles. The summed E-state index contributed by atoms with van der Waals surface area (Å²) in [4.78, 5) is 4.40. The number of nitrogens with two attached hydrogens (primary N) is 1. The molecule has 0 radical (unpaired) electrons. The van der Waals surface area contributed by atoms with Crippen LogP contribution in [0, 0.1) is 0 Å². The van der Waals surface area contributed by atoms with E-state index in [-0.39, 0.29) is 41.5 Å². The third-order valence-electron chi connectivity index (χ3n) is 3.65. The van der Waals surface area contributed by atoms with E-state index in [2.05, 4.69) is 10.3 Å². The van der Waals surface area contributed by atoms with Gasteiger partial charge in [0.15, 0.2) is 5.96 Å². The van der Waals surface area contributed by atoms with E-state index >= 15 is 0 Å². The highest BCUT2D eigenvalue weighted by Crippen LogP contribution is 2.39. The highest BCUT2D eigenvalue weighted by molar-refractivity contribution is 14.0. The molecule has 1 aromatic carbocycles. The lowest BCUT2D eigenvalue weighted by atomic mass is 9.76. The molecule has 0 atom stereocenters. The van der Waals surface area contributed by atoms with Gasteiger partial charge in [-0.3, -0.25) is 4.99 Å². The molecule has 0 unspecified atom stereocenters. The van der Waals surface area contributed by atoms with E-state index in [1.807, 2.05) is 20.8 Å². The lowest BCUT2D eigenvalue weighted by Gasteiger charge is -2.34. The normalized spacial score (nSPS) is 22.1. The standard InChI is InChI=1S/C16H22F3N3.HI/c1-15(2,3)22-14(20)21-13-8-11(9-13)10-4-6-12(7-5-10)16(17,18)19;/h4-7,11,13H,8-9H2,1-3H3,(H3,20,21,22);1H. The van der Waals surface area contributed by atoms with Crippen LogP contribution >= 0.6 is 24.0 Å². The van der Waals surface area contributed by atoms with Crippen LogP contribution in [-0.2, 0) is 6.18 Å². The highest BCUT2D eigenvalue weighted by Gasteiger charge is 2.33. The summed E-state index contributed by atoms with van der Waals surface area (Å²) in [5, 5.41) is 3.10. The van der Waals surface area contributed by atoms with Crippen LogP contribution < -0.4 is 11.1 Å². The van der Waals surface area contributed by atoms with Crippen LogP contribution in [0.2, 0.25) is 0 Å². The van der Waals surface area contributed by atoms with E-state index in [1.165, 1.54) is 0 Å². The van der Waals surface area contributed by atoms with Gasteiger partial charge in [0.2, 0.25) is 0 Å². The van der Waals surface area contributed by atoms with Crippen LogP contribution in [0.5, 0.6) is 0 Å². The molecule has 0 aliphatic heterocycles. The summed E-state index contributed by atoms with van der Waals surface area (Å²) in [5.74, 6) is 0.682. The number of hydrogen-bond donors (Lipinski definition) is 2. The largest absolute Gasteiger partial charge is 0.416 e. The predicted octanol–water partition coefficient (Wildman–Crippen LogP) is 4.27. The Labute approximate surface area is 152 Å². The van der Waals surface area contributed by atoms with Crippen LogP contribution in [-0.4, -0.2) is 17.5 Å².